The SMILES string of the molecule is CCC(=O)Nc1ccc(C(=O)N2CC[C@@H](Nc3ncc(F)c(OC4CC4)n3)C2)cc1. The van der Waals surface area contributed by atoms with Crippen LogP contribution in [0.5, 0.6) is 5.88 Å². The van der Waals surface area contributed by atoms with Gasteiger partial charge in [0.05, 0.1) is 6.20 Å². The van der Waals surface area contributed by atoms with Crippen LogP contribution in [0.1, 0.15) is 43.0 Å². The summed E-state index contributed by atoms with van der Waals surface area (Å²) in [5.41, 5.74) is 1.22. The molecule has 0 unspecified atom stereocenters. The average molecular weight is 413 g/mol. The van der Waals surface area contributed by atoms with E-state index in [9.17, 15) is 14.0 Å². The Morgan fingerprint density at radius 2 is 2.00 bits per heavy atom. The molecule has 2 heterocycles. The second kappa shape index (κ2) is 8.64. The molecule has 158 valence electrons. The van der Waals surface area contributed by atoms with Gasteiger partial charge in [-0.15, -0.1) is 0 Å². The second-order valence-corrected chi connectivity index (χ2v) is 7.52. The molecule has 1 aliphatic heterocycles. The van der Waals surface area contributed by atoms with Crippen LogP contribution in [-0.2, 0) is 4.79 Å². The van der Waals surface area contributed by atoms with Gasteiger partial charge in [-0.25, -0.2) is 4.98 Å². The van der Waals surface area contributed by atoms with Gasteiger partial charge in [0.2, 0.25) is 17.7 Å². The molecule has 1 aromatic heterocycles. The van der Waals surface area contributed by atoms with E-state index in [4.69, 9.17) is 4.74 Å². The van der Waals surface area contributed by atoms with Gasteiger partial charge in [-0.3, -0.25) is 9.59 Å². The summed E-state index contributed by atoms with van der Waals surface area (Å²) in [6, 6.07) is 6.83. The number of anilines is 2. The molecule has 2 N–H and O–H groups in total. The fraction of sp³-hybridized carbons (Fsp3) is 0.429. The van der Waals surface area contributed by atoms with Crippen molar-refractivity contribution in [3.8, 4) is 5.88 Å². The molecule has 1 atom stereocenters. The molecule has 9 heteroatoms. The molecule has 4 rings (SSSR count). The maximum absolute atomic E-state index is 13.8. The van der Waals surface area contributed by atoms with Gasteiger partial charge in [-0.1, -0.05) is 6.92 Å². The number of aromatic nitrogens is 2. The van der Waals surface area contributed by atoms with Gasteiger partial charge in [-0.2, -0.15) is 9.37 Å². The van der Waals surface area contributed by atoms with Crippen LogP contribution in [0.25, 0.3) is 0 Å². The maximum Gasteiger partial charge on any atom is 0.255 e. The first kappa shape index (κ1) is 20.1. The molecule has 2 amide bonds. The van der Waals surface area contributed by atoms with E-state index in [2.05, 4.69) is 20.6 Å². The van der Waals surface area contributed by atoms with Crippen molar-refractivity contribution in [2.24, 2.45) is 0 Å². The Kier molecular flexibility index (Phi) is 5.78. The highest BCUT2D eigenvalue weighted by Gasteiger charge is 2.29. The molecular weight excluding hydrogens is 389 g/mol. The number of rotatable bonds is 7. The van der Waals surface area contributed by atoms with Crippen molar-refractivity contribution in [3.05, 3.63) is 41.8 Å². The summed E-state index contributed by atoms with van der Waals surface area (Å²) in [6.45, 7) is 2.87. The van der Waals surface area contributed by atoms with E-state index in [0.717, 1.165) is 25.5 Å². The lowest BCUT2D eigenvalue weighted by molar-refractivity contribution is -0.115. The summed E-state index contributed by atoms with van der Waals surface area (Å²) in [4.78, 5) is 34.1. The number of nitrogens with one attached hydrogen (secondary N) is 2. The van der Waals surface area contributed by atoms with E-state index in [1.165, 1.54) is 0 Å². The van der Waals surface area contributed by atoms with Gasteiger partial charge in [0, 0.05) is 36.8 Å². The largest absolute Gasteiger partial charge is 0.472 e. The third-order valence-electron chi connectivity index (χ3n) is 5.06. The maximum atomic E-state index is 13.8. The third-order valence-corrected chi connectivity index (χ3v) is 5.06. The first-order valence-electron chi connectivity index (χ1n) is 10.2. The van der Waals surface area contributed by atoms with Crippen LogP contribution in [0.15, 0.2) is 30.5 Å². The van der Waals surface area contributed by atoms with Crippen LogP contribution >= 0.6 is 0 Å². The van der Waals surface area contributed by atoms with Crippen molar-refractivity contribution in [2.45, 2.75) is 44.8 Å². The minimum absolute atomic E-state index is 0.0312. The molecule has 8 nitrogen and oxygen atoms in total. The molecule has 0 radical (unpaired) electrons. The second-order valence-electron chi connectivity index (χ2n) is 7.52. The molecule has 1 aliphatic carbocycles. The van der Waals surface area contributed by atoms with E-state index in [-0.39, 0.29) is 29.8 Å². The molecular formula is C21H24FN5O3. The Morgan fingerprint density at radius 3 is 2.70 bits per heavy atom. The molecule has 2 fully saturated rings. The summed E-state index contributed by atoms with van der Waals surface area (Å²) in [5, 5.41) is 5.93. The Bertz CT molecular complexity index is 933. The van der Waals surface area contributed by atoms with Gasteiger partial charge in [-0.05, 0) is 43.5 Å². The molecule has 2 aromatic rings. The van der Waals surface area contributed by atoms with Gasteiger partial charge < -0.3 is 20.3 Å². The zero-order chi connectivity index (χ0) is 21.1. The van der Waals surface area contributed by atoms with E-state index < -0.39 is 5.82 Å². The summed E-state index contributed by atoms with van der Waals surface area (Å²) in [5.74, 6) is -0.463. The number of benzene rings is 1. The van der Waals surface area contributed by atoms with Crippen LogP contribution in [0.3, 0.4) is 0 Å². The van der Waals surface area contributed by atoms with Crippen LogP contribution in [-0.4, -0.2) is 51.9 Å². The summed E-state index contributed by atoms with van der Waals surface area (Å²) in [7, 11) is 0. The van der Waals surface area contributed by atoms with Crippen molar-refractivity contribution in [1.29, 1.82) is 0 Å². The number of likely N-dealkylation sites (tertiary alicyclic amines) is 1. The van der Waals surface area contributed by atoms with Gasteiger partial charge in [0.15, 0.2) is 0 Å². The Balaban J connectivity index is 1.33. The zero-order valence-corrected chi connectivity index (χ0v) is 16.7. The molecule has 0 spiro atoms. The van der Waals surface area contributed by atoms with E-state index in [0.29, 0.717) is 36.7 Å². The van der Waals surface area contributed by atoms with Crippen LogP contribution in [0, 0.1) is 5.82 Å². The highest BCUT2D eigenvalue weighted by molar-refractivity contribution is 5.96. The molecule has 1 saturated heterocycles. The molecule has 1 saturated carbocycles. The van der Waals surface area contributed by atoms with Crippen molar-refractivity contribution in [1.82, 2.24) is 14.9 Å². The number of carbonyl (C=O) groups excluding carboxylic acids is 2. The summed E-state index contributed by atoms with van der Waals surface area (Å²) < 4.78 is 19.3. The Hall–Kier alpha value is -3.23. The van der Waals surface area contributed by atoms with E-state index >= 15 is 0 Å². The van der Waals surface area contributed by atoms with Crippen LogP contribution in [0.4, 0.5) is 16.0 Å². The fourth-order valence-corrected chi connectivity index (χ4v) is 3.22. The highest BCUT2D eigenvalue weighted by atomic mass is 19.1. The number of hydrogen-bond donors (Lipinski definition) is 2. The zero-order valence-electron chi connectivity index (χ0n) is 16.7. The number of hydrogen-bond acceptors (Lipinski definition) is 6. The quantitative estimate of drug-likeness (QED) is 0.725. The third kappa shape index (κ3) is 4.84. The lowest BCUT2D eigenvalue weighted by Crippen LogP contribution is -2.31. The van der Waals surface area contributed by atoms with Crippen molar-refractivity contribution in [3.63, 3.8) is 0 Å². The number of ether oxygens (including phenoxy) is 1. The van der Waals surface area contributed by atoms with E-state index in [1.807, 2.05) is 0 Å². The minimum atomic E-state index is -0.575. The topological polar surface area (TPSA) is 96.5 Å². The standard InChI is InChI=1S/C21H24FN5O3/c1-2-18(28)24-14-5-3-13(4-6-14)20(29)27-10-9-15(12-27)25-21-23-11-17(22)19(26-21)30-16-7-8-16/h3-6,11,15-16H,2,7-10,12H2,1H3,(H,24,28)(H,23,25,26)/t15-/m1/s1. The van der Waals surface area contributed by atoms with Gasteiger partial charge in [0.25, 0.3) is 11.8 Å². The molecule has 1 aromatic carbocycles. The highest BCUT2D eigenvalue weighted by Crippen LogP contribution is 2.27. The number of carbonyl (C=O) groups is 2. The van der Waals surface area contributed by atoms with Crippen molar-refractivity contribution >= 4 is 23.5 Å². The van der Waals surface area contributed by atoms with E-state index in [1.54, 1.807) is 36.1 Å². The smallest absolute Gasteiger partial charge is 0.255 e. The summed E-state index contributed by atoms with van der Waals surface area (Å²) in [6.07, 6.45) is 4.10. The molecule has 0 bridgehead atoms. The lowest BCUT2D eigenvalue weighted by atomic mass is 10.2. The minimum Gasteiger partial charge on any atom is -0.472 e. The van der Waals surface area contributed by atoms with Gasteiger partial charge in [0.1, 0.15) is 6.10 Å². The monoisotopic (exact) mass is 413 g/mol. The molecule has 30 heavy (non-hydrogen) atoms. The Labute approximate surface area is 173 Å². The molecule has 2 aliphatic rings. The first-order valence-corrected chi connectivity index (χ1v) is 10.2. The van der Waals surface area contributed by atoms with Gasteiger partial charge >= 0.3 is 0 Å². The number of halogens is 1. The van der Waals surface area contributed by atoms with Crippen molar-refractivity contribution in [2.75, 3.05) is 23.7 Å². The van der Waals surface area contributed by atoms with Crippen LogP contribution in [0.2, 0.25) is 0 Å². The first-order chi connectivity index (χ1) is 14.5. The number of amides is 2. The Morgan fingerprint density at radius 1 is 1.23 bits per heavy atom. The predicted octanol–water partition coefficient (Wildman–Crippen LogP) is 2.83. The predicted molar refractivity (Wildman–Crippen MR) is 109 cm³/mol. The lowest BCUT2D eigenvalue weighted by Gasteiger charge is -2.17. The average Bonchev–Trinajstić information content (AvgIpc) is 3.45. The van der Waals surface area contributed by atoms with Crippen LogP contribution < -0.4 is 15.4 Å². The fourth-order valence-electron chi connectivity index (χ4n) is 3.22. The number of nitrogens with zero attached hydrogens (tertiary/aromatic N) is 3. The normalized spacial score (nSPS) is 18.2. The summed E-state index contributed by atoms with van der Waals surface area (Å²) >= 11 is 0. The van der Waals surface area contributed by atoms with Crippen molar-refractivity contribution < 1.29 is 18.7 Å².